The molecule has 1 rings (SSSR count). The molecule has 3 nitrogen and oxygen atoms in total. The van der Waals surface area contributed by atoms with Crippen molar-refractivity contribution in [1.29, 1.82) is 5.26 Å². The van der Waals surface area contributed by atoms with E-state index in [1.807, 2.05) is 19.1 Å². The van der Waals surface area contributed by atoms with Gasteiger partial charge in [0.05, 0.1) is 5.56 Å². The van der Waals surface area contributed by atoms with Crippen LogP contribution in [0, 0.1) is 17.2 Å². The van der Waals surface area contributed by atoms with E-state index >= 15 is 0 Å². The highest BCUT2D eigenvalue weighted by Gasteiger charge is 2.07. The molecule has 18 heavy (non-hydrogen) atoms. The van der Waals surface area contributed by atoms with Crippen LogP contribution in [-0.4, -0.2) is 24.0 Å². The molecule has 0 aliphatic carbocycles. The first-order chi connectivity index (χ1) is 8.71. The molecule has 4 heteroatoms. The molecule has 1 aromatic rings. The molecule has 1 unspecified atom stereocenters. The van der Waals surface area contributed by atoms with Crippen LogP contribution in [0.15, 0.2) is 23.1 Å². The predicted molar refractivity (Wildman–Crippen MR) is 75.5 cm³/mol. The van der Waals surface area contributed by atoms with Gasteiger partial charge in [0.25, 0.3) is 0 Å². The van der Waals surface area contributed by atoms with Crippen LogP contribution in [0.3, 0.4) is 0 Å². The van der Waals surface area contributed by atoms with E-state index in [9.17, 15) is 0 Å². The summed E-state index contributed by atoms with van der Waals surface area (Å²) >= 11 is 1.63. The molecule has 0 aromatic heterocycles. The molecule has 0 aliphatic heterocycles. The minimum atomic E-state index is 0.188. The van der Waals surface area contributed by atoms with Crippen molar-refractivity contribution < 1.29 is 5.11 Å². The summed E-state index contributed by atoms with van der Waals surface area (Å²) in [5, 5.41) is 21.4. The number of aliphatic hydroxyl groups excluding tert-OH is 1. The minimum absolute atomic E-state index is 0.188. The van der Waals surface area contributed by atoms with Gasteiger partial charge < -0.3 is 10.4 Å². The van der Waals surface area contributed by atoms with Crippen LogP contribution in [0.1, 0.15) is 25.0 Å². The Kier molecular flexibility index (Phi) is 6.81. The van der Waals surface area contributed by atoms with E-state index in [0.717, 1.165) is 34.9 Å². The molecule has 0 radical (unpaired) electrons. The van der Waals surface area contributed by atoms with E-state index in [1.165, 1.54) is 0 Å². The molecule has 0 aliphatic rings. The van der Waals surface area contributed by atoms with E-state index < -0.39 is 0 Å². The Labute approximate surface area is 113 Å². The van der Waals surface area contributed by atoms with E-state index in [0.29, 0.717) is 0 Å². The van der Waals surface area contributed by atoms with Gasteiger partial charge in [-0.05, 0) is 30.2 Å². The number of nitrogens with zero attached hydrogens (tertiary/aromatic N) is 1. The average molecular weight is 264 g/mol. The van der Waals surface area contributed by atoms with Gasteiger partial charge in [0, 0.05) is 23.8 Å². The van der Waals surface area contributed by atoms with Crippen molar-refractivity contribution >= 4 is 11.8 Å². The van der Waals surface area contributed by atoms with Crippen molar-refractivity contribution in [1.82, 2.24) is 5.32 Å². The van der Waals surface area contributed by atoms with Crippen molar-refractivity contribution in [2.24, 2.45) is 5.92 Å². The molecular weight excluding hydrogens is 244 g/mol. The predicted octanol–water partition coefficient (Wildman–Crippen LogP) is 2.39. The van der Waals surface area contributed by atoms with Crippen LogP contribution in [0.4, 0.5) is 0 Å². The molecule has 0 amide bonds. The number of rotatable bonds is 7. The zero-order chi connectivity index (χ0) is 13.4. The molecule has 1 aromatic carbocycles. The van der Waals surface area contributed by atoms with Gasteiger partial charge in [-0.15, -0.1) is 11.8 Å². The molecule has 0 saturated carbocycles. The molecule has 0 fully saturated rings. The first-order valence-corrected chi connectivity index (χ1v) is 7.17. The van der Waals surface area contributed by atoms with Gasteiger partial charge in [-0.1, -0.05) is 19.9 Å². The summed E-state index contributed by atoms with van der Waals surface area (Å²) in [5.74, 6) is 1.08. The largest absolute Gasteiger partial charge is 0.396 e. The fourth-order valence-corrected chi connectivity index (χ4v) is 2.45. The molecule has 2 N–H and O–H groups in total. The molecule has 0 bridgehead atoms. The number of nitrogens with one attached hydrogen (secondary N) is 1. The third kappa shape index (κ3) is 4.69. The van der Waals surface area contributed by atoms with Crippen molar-refractivity contribution in [3.8, 4) is 6.07 Å². The molecule has 0 heterocycles. The fourth-order valence-electron chi connectivity index (χ4n) is 1.45. The number of benzene rings is 1. The molecule has 0 spiro atoms. The second kappa shape index (κ2) is 8.15. The Morgan fingerprint density at radius 2 is 2.28 bits per heavy atom. The van der Waals surface area contributed by atoms with E-state index in [2.05, 4.69) is 24.4 Å². The minimum Gasteiger partial charge on any atom is -0.396 e. The normalized spacial score (nSPS) is 12.1. The maximum atomic E-state index is 9.16. The number of aliphatic hydroxyl groups is 1. The van der Waals surface area contributed by atoms with Gasteiger partial charge in [0.1, 0.15) is 6.07 Å². The average Bonchev–Trinajstić information content (AvgIpc) is 2.42. The van der Waals surface area contributed by atoms with Crippen LogP contribution >= 0.6 is 11.8 Å². The lowest BCUT2D eigenvalue weighted by molar-refractivity contribution is 0.250. The molecule has 0 saturated heterocycles. The quantitative estimate of drug-likeness (QED) is 0.742. The number of nitriles is 1. The Hall–Kier alpha value is -1.02. The highest BCUT2D eigenvalue weighted by atomic mass is 32.2. The summed E-state index contributed by atoms with van der Waals surface area (Å²) in [6, 6.07) is 8.23. The highest BCUT2D eigenvalue weighted by Crippen LogP contribution is 2.25. The summed E-state index contributed by atoms with van der Waals surface area (Å²) in [4.78, 5) is 0.998. The number of thioether (sulfide) groups is 1. The Morgan fingerprint density at radius 3 is 2.89 bits per heavy atom. The van der Waals surface area contributed by atoms with Crippen LogP contribution in [0.2, 0.25) is 0 Å². The summed E-state index contributed by atoms with van der Waals surface area (Å²) in [7, 11) is 0. The lowest BCUT2D eigenvalue weighted by atomic mass is 10.1. The summed E-state index contributed by atoms with van der Waals surface area (Å²) in [6.45, 7) is 5.97. The smallest absolute Gasteiger partial charge is 0.100 e. The molecular formula is C14H20N2OS. The number of hydrogen-bond donors (Lipinski definition) is 2. The van der Waals surface area contributed by atoms with E-state index in [-0.39, 0.29) is 12.5 Å². The Bertz CT molecular complexity index is 415. The highest BCUT2D eigenvalue weighted by molar-refractivity contribution is 7.99. The van der Waals surface area contributed by atoms with Gasteiger partial charge >= 0.3 is 0 Å². The van der Waals surface area contributed by atoms with E-state index in [1.54, 1.807) is 11.8 Å². The van der Waals surface area contributed by atoms with Gasteiger partial charge in [-0.2, -0.15) is 5.26 Å². The van der Waals surface area contributed by atoms with Crippen LogP contribution in [-0.2, 0) is 6.54 Å². The summed E-state index contributed by atoms with van der Waals surface area (Å²) in [5.41, 5.74) is 1.86. The van der Waals surface area contributed by atoms with Gasteiger partial charge in [-0.25, -0.2) is 0 Å². The Morgan fingerprint density at radius 1 is 1.50 bits per heavy atom. The first kappa shape index (κ1) is 15.0. The third-order valence-corrected chi connectivity index (χ3v) is 3.98. The van der Waals surface area contributed by atoms with Crippen molar-refractivity contribution in [3.63, 3.8) is 0 Å². The van der Waals surface area contributed by atoms with Gasteiger partial charge in [-0.3, -0.25) is 0 Å². The second-order valence-corrected chi connectivity index (χ2v) is 5.38. The standard InChI is InChI=1S/C14H20N2OS/c1-3-16-8-12-4-5-14(13(6-12)7-15)18-10-11(2)9-17/h4-6,11,16-17H,3,8-10H2,1-2H3. The third-order valence-electron chi connectivity index (χ3n) is 2.58. The monoisotopic (exact) mass is 264 g/mol. The van der Waals surface area contributed by atoms with Crippen LogP contribution in [0.5, 0.6) is 0 Å². The van der Waals surface area contributed by atoms with Gasteiger partial charge in [0.2, 0.25) is 0 Å². The topological polar surface area (TPSA) is 56.0 Å². The van der Waals surface area contributed by atoms with Gasteiger partial charge in [0.15, 0.2) is 0 Å². The van der Waals surface area contributed by atoms with E-state index in [4.69, 9.17) is 10.4 Å². The summed E-state index contributed by atoms with van der Waals surface area (Å²) in [6.07, 6.45) is 0. The Balaban J connectivity index is 2.71. The van der Waals surface area contributed by atoms with Crippen molar-refractivity contribution in [3.05, 3.63) is 29.3 Å². The SMILES string of the molecule is CCNCc1ccc(SCC(C)CO)c(C#N)c1. The zero-order valence-electron chi connectivity index (χ0n) is 10.9. The lowest BCUT2D eigenvalue weighted by Gasteiger charge is -2.10. The zero-order valence-corrected chi connectivity index (χ0v) is 11.8. The van der Waals surface area contributed by atoms with Crippen molar-refractivity contribution in [2.75, 3.05) is 18.9 Å². The fraction of sp³-hybridized carbons (Fsp3) is 0.500. The maximum Gasteiger partial charge on any atom is 0.100 e. The molecule has 98 valence electrons. The summed E-state index contributed by atoms with van der Waals surface area (Å²) < 4.78 is 0. The second-order valence-electron chi connectivity index (χ2n) is 4.32. The number of hydrogen-bond acceptors (Lipinski definition) is 4. The molecule has 1 atom stereocenters. The lowest BCUT2D eigenvalue weighted by Crippen LogP contribution is -2.11. The van der Waals surface area contributed by atoms with Crippen molar-refractivity contribution in [2.45, 2.75) is 25.3 Å². The van der Waals surface area contributed by atoms with Crippen LogP contribution in [0.25, 0.3) is 0 Å². The van der Waals surface area contributed by atoms with Crippen LogP contribution < -0.4 is 5.32 Å². The maximum absolute atomic E-state index is 9.16. The first-order valence-electron chi connectivity index (χ1n) is 6.18.